The summed E-state index contributed by atoms with van der Waals surface area (Å²) < 4.78 is 7.57. The smallest absolute Gasteiger partial charge is 0.249 e. The van der Waals surface area contributed by atoms with Crippen molar-refractivity contribution in [3.8, 4) is 22.2 Å². The summed E-state index contributed by atoms with van der Waals surface area (Å²) in [5.41, 5.74) is 2.07. The van der Waals surface area contributed by atoms with E-state index in [1.807, 2.05) is 29.8 Å². The second-order valence-electron chi connectivity index (χ2n) is 6.63. The van der Waals surface area contributed by atoms with Gasteiger partial charge in [-0.2, -0.15) is 4.98 Å². The van der Waals surface area contributed by atoms with Crippen LogP contribution in [0.25, 0.3) is 22.2 Å². The molecule has 4 heterocycles. The third-order valence-corrected chi connectivity index (χ3v) is 6.00. The van der Waals surface area contributed by atoms with Crippen molar-refractivity contribution >= 4 is 11.3 Å². The van der Waals surface area contributed by atoms with Gasteiger partial charge in [-0.05, 0) is 44.7 Å². The van der Waals surface area contributed by atoms with Crippen molar-refractivity contribution in [3.63, 3.8) is 0 Å². The van der Waals surface area contributed by atoms with Gasteiger partial charge in [-0.3, -0.25) is 4.98 Å². The van der Waals surface area contributed by atoms with Crippen LogP contribution in [0.5, 0.6) is 0 Å². The molecule has 0 radical (unpaired) electrons. The zero-order valence-electron chi connectivity index (χ0n) is 14.9. The average Bonchev–Trinajstić information content (AvgIpc) is 3.46. The first kappa shape index (κ1) is 16.3. The Balaban J connectivity index is 1.47. The molecule has 0 unspecified atom stereocenters. The van der Waals surface area contributed by atoms with Crippen molar-refractivity contribution in [2.45, 2.75) is 38.6 Å². The van der Waals surface area contributed by atoms with Gasteiger partial charge in [0.25, 0.3) is 0 Å². The first-order valence-electron chi connectivity index (χ1n) is 9.05. The molecular weight excluding hydrogens is 360 g/mol. The molecule has 4 aromatic heterocycles. The number of rotatable bonds is 4. The topological polar surface area (TPSA) is 82.5 Å². The maximum absolute atomic E-state index is 5.52. The van der Waals surface area contributed by atoms with Gasteiger partial charge in [-0.15, -0.1) is 11.3 Å². The normalized spacial score (nSPS) is 14.9. The lowest BCUT2D eigenvalue weighted by atomic mass is 10.0. The standard InChI is InChI=1S/C19H18N6OS/c1-12(18-23-16(24-26-18)13-5-4-8-20-11-13)25-10-9-21-17(25)19-22-14-6-2-3-7-15(14)27-19/h4-5,8-12H,2-3,6-7H2,1H3/t12-/m1/s1. The maximum atomic E-state index is 5.52. The Labute approximate surface area is 160 Å². The minimum atomic E-state index is -0.138. The van der Waals surface area contributed by atoms with Crippen LogP contribution in [-0.2, 0) is 12.8 Å². The summed E-state index contributed by atoms with van der Waals surface area (Å²) in [6.07, 6.45) is 11.8. The Kier molecular flexibility index (Phi) is 4.05. The molecule has 0 saturated heterocycles. The fourth-order valence-corrected chi connectivity index (χ4v) is 4.53. The lowest BCUT2D eigenvalue weighted by Gasteiger charge is -2.10. The second-order valence-corrected chi connectivity index (χ2v) is 7.71. The predicted molar refractivity (Wildman–Crippen MR) is 101 cm³/mol. The summed E-state index contributed by atoms with van der Waals surface area (Å²) in [7, 11) is 0. The monoisotopic (exact) mass is 378 g/mol. The Morgan fingerprint density at radius 2 is 2.11 bits per heavy atom. The number of pyridine rings is 1. The van der Waals surface area contributed by atoms with Gasteiger partial charge in [0.15, 0.2) is 10.8 Å². The summed E-state index contributed by atoms with van der Waals surface area (Å²) >= 11 is 1.75. The Morgan fingerprint density at radius 3 is 2.96 bits per heavy atom. The summed E-state index contributed by atoms with van der Waals surface area (Å²) in [4.78, 5) is 19.5. The summed E-state index contributed by atoms with van der Waals surface area (Å²) in [5.74, 6) is 1.92. The van der Waals surface area contributed by atoms with Gasteiger partial charge in [0.05, 0.1) is 5.69 Å². The first-order chi connectivity index (χ1) is 13.3. The van der Waals surface area contributed by atoms with E-state index in [1.165, 1.54) is 23.4 Å². The van der Waals surface area contributed by atoms with Gasteiger partial charge in [-0.25, -0.2) is 9.97 Å². The molecule has 0 fully saturated rings. The lowest BCUT2D eigenvalue weighted by molar-refractivity contribution is 0.346. The highest BCUT2D eigenvalue weighted by Crippen LogP contribution is 2.33. The molecule has 1 atom stereocenters. The SMILES string of the molecule is C[C@H](c1nc(-c2cccnc2)no1)n1ccnc1-c1nc2c(s1)CCCC2. The number of thiazole rings is 1. The molecule has 8 heteroatoms. The van der Waals surface area contributed by atoms with Crippen LogP contribution in [0.15, 0.2) is 41.4 Å². The first-order valence-corrected chi connectivity index (χ1v) is 9.87. The average molecular weight is 378 g/mol. The molecule has 0 bridgehead atoms. The molecule has 4 aromatic rings. The molecule has 1 aliphatic carbocycles. The van der Waals surface area contributed by atoms with E-state index >= 15 is 0 Å². The number of hydrogen-bond acceptors (Lipinski definition) is 7. The van der Waals surface area contributed by atoms with Crippen molar-refractivity contribution in [1.82, 2.24) is 29.7 Å². The van der Waals surface area contributed by atoms with Gasteiger partial charge < -0.3 is 9.09 Å². The molecule has 0 aromatic carbocycles. The molecule has 0 amide bonds. The predicted octanol–water partition coefficient (Wildman–Crippen LogP) is 3.94. The number of hydrogen-bond donors (Lipinski definition) is 0. The fraction of sp³-hybridized carbons (Fsp3) is 0.316. The molecule has 7 nitrogen and oxygen atoms in total. The molecule has 0 saturated carbocycles. The fourth-order valence-electron chi connectivity index (χ4n) is 3.38. The molecule has 1 aliphatic rings. The van der Waals surface area contributed by atoms with Crippen LogP contribution in [-0.4, -0.2) is 29.7 Å². The third kappa shape index (κ3) is 2.95. The summed E-state index contributed by atoms with van der Waals surface area (Å²) in [6.45, 7) is 2.03. The van der Waals surface area contributed by atoms with E-state index in [2.05, 4.69) is 20.1 Å². The van der Waals surface area contributed by atoms with Crippen molar-refractivity contribution in [3.05, 3.63) is 53.4 Å². The molecule has 0 spiro atoms. The van der Waals surface area contributed by atoms with Crippen molar-refractivity contribution in [2.24, 2.45) is 0 Å². The van der Waals surface area contributed by atoms with Crippen LogP contribution in [0.3, 0.4) is 0 Å². The molecule has 136 valence electrons. The second kappa shape index (κ2) is 6.70. The van der Waals surface area contributed by atoms with Gasteiger partial charge in [-0.1, -0.05) is 5.16 Å². The van der Waals surface area contributed by atoms with E-state index in [9.17, 15) is 0 Å². The molecular formula is C19H18N6OS. The largest absolute Gasteiger partial charge is 0.337 e. The van der Waals surface area contributed by atoms with Gasteiger partial charge in [0.2, 0.25) is 11.7 Å². The molecule has 0 aliphatic heterocycles. The lowest BCUT2D eigenvalue weighted by Crippen LogP contribution is -2.08. The Bertz CT molecular complexity index is 1040. The van der Waals surface area contributed by atoms with Crippen LogP contribution < -0.4 is 0 Å². The van der Waals surface area contributed by atoms with E-state index in [-0.39, 0.29) is 6.04 Å². The zero-order valence-corrected chi connectivity index (χ0v) is 15.7. The minimum Gasteiger partial charge on any atom is -0.337 e. The van der Waals surface area contributed by atoms with Crippen molar-refractivity contribution in [1.29, 1.82) is 0 Å². The number of imidazole rings is 1. The van der Waals surface area contributed by atoms with E-state index in [0.29, 0.717) is 11.7 Å². The summed E-state index contributed by atoms with van der Waals surface area (Å²) in [5, 5.41) is 5.06. The maximum Gasteiger partial charge on any atom is 0.249 e. The van der Waals surface area contributed by atoms with Crippen LogP contribution in [0, 0.1) is 0 Å². The Morgan fingerprint density at radius 1 is 1.19 bits per heavy atom. The number of aryl methyl sites for hydroxylation is 2. The quantitative estimate of drug-likeness (QED) is 0.535. The van der Waals surface area contributed by atoms with Crippen molar-refractivity contribution in [2.75, 3.05) is 0 Å². The molecule has 27 heavy (non-hydrogen) atoms. The minimum absolute atomic E-state index is 0.138. The van der Waals surface area contributed by atoms with Gasteiger partial charge in [0.1, 0.15) is 6.04 Å². The van der Waals surface area contributed by atoms with E-state index in [0.717, 1.165) is 29.2 Å². The highest BCUT2D eigenvalue weighted by molar-refractivity contribution is 7.15. The Hall–Kier alpha value is -2.87. The molecule has 0 N–H and O–H groups in total. The highest BCUT2D eigenvalue weighted by atomic mass is 32.1. The van der Waals surface area contributed by atoms with Crippen LogP contribution in [0.1, 0.15) is 42.3 Å². The zero-order chi connectivity index (χ0) is 18.2. The summed E-state index contributed by atoms with van der Waals surface area (Å²) in [6, 6.07) is 3.63. The van der Waals surface area contributed by atoms with Crippen LogP contribution in [0.4, 0.5) is 0 Å². The van der Waals surface area contributed by atoms with Gasteiger partial charge in [0, 0.05) is 35.2 Å². The van der Waals surface area contributed by atoms with Crippen LogP contribution >= 0.6 is 11.3 Å². The third-order valence-electron chi connectivity index (χ3n) is 4.84. The number of nitrogens with zero attached hydrogens (tertiary/aromatic N) is 6. The van der Waals surface area contributed by atoms with Gasteiger partial charge >= 0.3 is 0 Å². The number of fused-ring (bicyclic) bond motifs is 1. The van der Waals surface area contributed by atoms with Crippen molar-refractivity contribution < 1.29 is 4.52 Å². The highest BCUT2D eigenvalue weighted by Gasteiger charge is 2.23. The number of aromatic nitrogens is 6. The van der Waals surface area contributed by atoms with E-state index in [4.69, 9.17) is 9.51 Å². The van der Waals surface area contributed by atoms with E-state index < -0.39 is 0 Å². The van der Waals surface area contributed by atoms with E-state index in [1.54, 1.807) is 29.9 Å². The van der Waals surface area contributed by atoms with Crippen LogP contribution in [0.2, 0.25) is 0 Å². The molecule has 5 rings (SSSR count).